The molecule has 1 aromatic carbocycles. The molecule has 9 heteroatoms. The van der Waals surface area contributed by atoms with E-state index in [1.54, 1.807) is 4.90 Å². The molecule has 1 heterocycles. The largest absolute Gasteiger partial charge is 0.396 e. The number of likely N-dealkylation sites (tertiary alicyclic amines) is 1. The van der Waals surface area contributed by atoms with Crippen LogP contribution in [0.3, 0.4) is 0 Å². The molecule has 0 unspecified atom stereocenters. The quantitative estimate of drug-likeness (QED) is 0.803. The second kappa shape index (κ2) is 6.39. The Morgan fingerprint density at radius 2 is 1.90 bits per heavy atom. The van der Waals surface area contributed by atoms with Gasteiger partial charge in [-0.25, -0.2) is 13.1 Å². The number of carbonyl (C=O) groups is 1. The lowest BCUT2D eigenvalue weighted by Gasteiger charge is -2.16. The smallest absolute Gasteiger partial charge is 0.242 e. The molecule has 0 spiro atoms. The van der Waals surface area contributed by atoms with Crippen molar-refractivity contribution in [2.75, 3.05) is 25.4 Å². The molecule has 3 N–H and O–H groups in total. The zero-order chi connectivity index (χ0) is 15.6. The monoisotopic (exact) mass is 351 g/mol. The Morgan fingerprint density at radius 1 is 1.29 bits per heavy atom. The van der Waals surface area contributed by atoms with Crippen molar-refractivity contribution in [3.63, 3.8) is 0 Å². The predicted molar refractivity (Wildman–Crippen MR) is 81.9 cm³/mol. The van der Waals surface area contributed by atoms with Crippen molar-refractivity contribution in [3.8, 4) is 0 Å². The summed E-state index contributed by atoms with van der Waals surface area (Å²) in [6.07, 6.45) is 1.88. The minimum Gasteiger partial charge on any atom is -0.396 e. The lowest BCUT2D eigenvalue weighted by Crippen LogP contribution is -2.38. The number of nitrogens with zero attached hydrogens (tertiary/aromatic N) is 1. The van der Waals surface area contributed by atoms with Crippen LogP contribution < -0.4 is 10.5 Å². The van der Waals surface area contributed by atoms with Crippen LogP contribution in [0.1, 0.15) is 12.8 Å². The molecular formula is C12H15Cl2N3O3S. The molecule has 6 nitrogen and oxygen atoms in total. The summed E-state index contributed by atoms with van der Waals surface area (Å²) in [5.41, 5.74) is 5.60. The highest BCUT2D eigenvalue weighted by molar-refractivity contribution is 7.89. The standard InChI is InChI=1S/C12H15Cl2N3O3S/c13-8-3-4-9(11(14)12(8)15)21(19,20)16-7-10(18)17-5-1-2-6-17/h3-4,16H,1-2,5-7,15H2. The van der Waals surface area contributed by atoms with E-state index in [2.05, 4.69) is 4.72 Å². The van der Waals surface area contributed by atoms with E-state index in [0.29, 0.717) is 13.1 Å². The Kier molecular flexibility index (Phi) is 4.98. The lowest BCUT2D eigenvalue weighted by molar-refractivity contribution is -0.128. The summed E-state index contributed by atoms with van der Waals surface area (Å²) in [5.74, 6) is -0.255. The molecule has 1 amide bonds. The van der Waals surface area contributed by atoms with Gasteiger partial charge in [0, 0.05) is 13.1 Å². The van der Waals surface area contributed by atoms with E-state index >= 15 is 0 Å². The normalized spacial score (nSPS) is 15.4. The van der Waals surface area contributed by atoms with Crippen LogP contribution in [0, 0.1) is 0 Å². The molecule has 116 valence electrons. The van der Waals surface area contributed by atoms with Gasteiger partial charge in [-0.1, -0.05) is 23.2 Å². The highest BCUT2D eigenvalue weighted by Gasteiger charge is 2.24. The minimum absolute atomic E-state index is 0.00734. The SMILES string of the molecule is Nc1c(Cl)ccc(S(=O)(=O)NCC(=O)N2CCCC2)c1Cl. The Bertz CT molecular complexity index is 658. The van der Waals surface area contributed by atoms with E-state index in [0.717, 1.165) is 12.8 Å². The Morgan fingerprint density at radius 3 is 2.52 bits per heavy atom. The zero-order valence-corrected chi connectivity index (χ0v) is 13.4. The summed E-state index contributed by atoms with van der Waals surface area (Å²) < 4.78 is 26.6. The summed E-state index contributed by atoms with van der Waals surface area (Å²) in [6.45, 7) is 1.02. The van der Waals surface area contributed by atoms with E-state index in [-0.39, 0.29) is 33.1 Å². The molecule has 1 aromatic rings. The van der Waals surface area contributed by atoms with E-state index in [4.69, 9.17) is 28.9 Å². The summed E-state index contributed by atoms with van der Waals surface area (Å²) in [7, 11) is -3.92. The first-order valence-electron chi connectivity index (χ1n) is 6.34. The van der Waals surface area contributed by atoms with Gasteiger partial charge in [-0.05, 0) is 25.0 Å². The maximum atomic E-state index is 12.2. The van der Waals surface area contributed by atoms with Gasteiger partial charge in [0.2, 0.25) is 15.9 Å². The van der Waals surface area contributed by atoms with Crippen LogP contribution in [0.2, 0.25) is 10.0 Å². The number of nitrogen functional groups attached to an aromatic ring is 1. The third-order valence-corrected chi connectivity index (χ3v) is 5.55. The van der Waals surface area contributed by atoms with Crippen LogP contribution in [0.15, 0.2) is 17.0 Å². The zero-order valence-electron chi connectivity index (χ0n) is 11.1. The number of sulfonamides is 1. The first-order chi connectivity index (χ1) is 9.83. The van der Waals surface area contributed by atoms with Gasteiger partial charge in [0.15, 0.2) is 0 Å². The molecule has 0 saturated carbocycles. The number of carbonyl (C=O) groups excluding carboxylic acids is 1. The second-order valence-electron chi connectivity index (χ2n) is 4.69. The van der Waals surface area contributed by atoms with E-state index in [1.807, 2.05) is 0 Å². The summed E-state index contributed by atoms with van der Waals surface area (Å²) in [6, 6.07) is 2.60. The first-order valence-corrected chi connectivity index (χ1v) is 8.58. The summed E-state index contributed by atoms with van der Waals surface area (Å²) in [4.78, 5) is 13.3. The highest BCUT2D eigenvalue weighted by Crippen LogP contribution is 2.32. The molecule has 1 saturated heterocycles. The molecule has 2 rings (SSSR count). The maximum Gasteiger partial charge on any atom is 0.242 e. The number of rotatable bonds is 4. The Balaban J connectivity index is 2.12. The topological polar surface area (TPSA) is 92.5 Å². The summed E-state index contributed by atoms with van der Waals surface area (Å²) in [5, 5.41) is 0.0238. The molecule has 0 aliphatic carbocycles. The number of nitrogens with two attached hydrogens (primary N) is 1. The average molecular weight is 352 g/mol. The molecule has 21 heavy (non-hydrogen) atoms. The predicted octanol–water partition coefficient (Wildman–Crippen LogP) is 1.48. The van der Waals surface area contributed by atoms with Crippen molar-refractivity contribution in [1.29, 1.82) is 0 Å². The number of hydrogen-bond acceptors (Lipinski definition) is 4. The Labute approximate surface area is 133 Å². The lowest BCUT2D eigenvalue weighted by atomic mass is 10.3. The number of anilines is 1. The first kappa shape index (κ1) is 16.4. The van der Waals surface area contributed by atoms with Crippen molar-refractivity contribution in [2.45, 2.75) is 17.7 Å². The van der Waals surface area contributed by atoms with Crippen molar-refractivity contribution in [3.05, 3.63) is 22.2 Å². The van der Waals surface area contributed by atoms with Crippen molar-refractivity contribution >= 4 is 44.8 Å². The van der Waals surface area contributed by atoms with E-state index in [1.165, 1.54) is 12.1 Å². The summed E-state index contributed by atoms with van der Waals surface area (Å²) >= 11 is 11.7. The molecular weight excluding hydrogens is 337 g/mol. The second-order valence-corrected chi connectivity index (χ2v) is 7.21. The Hall–Kier alpha value is -1.02. The van der Waals surface area contributed by atoms with Gasteiger partial charge >= 0.3 is 0 Å². The van der Waals surface area contributed by atoms with E-state index in [9.17, 15) is 13.2 Å². The maximum absolute atomic E-state index is 12.2. The molecule has 1 aliphatic heterocycles. The number of hydrogen-bond donors (Lipinski definition) is 2. The van der Waals surface area contributed by atoms with Gasteiger partial charge in [0.1, 0.15) is 4.90 Å². The van der Waals surface area contributed by atoms with Gasteiger partial charge in [-0.2, -0.15) is 0 Å². The third-order valence-electron chi connectivity index (χ3n) is 3.25. The number of benzene rings is 1. The van der Waals surface area contributed by atoms with Gasteiger partial charge in [-0.15, -0.1) is 0 Å². The number of nitrogens with one attached hydrogen (secondary N) is 1. The van der Waals surface area contributed by atoms with Gasteiger partial charge < -0.3 is 10.6 Å². The van der Waals surface area contributed by atoms with Gasteiger partial charge in [0.25, 0.3) is 0 Å². The number of halogens is 2. The molecule has 0 bridgehead atoms. The molecule has 1 fully saturated rings. The van der Waals surface area contributed by atoms with Crippen molar-refractivity contribution in [2.24, 2.45) is 0 Å². The molecule has 1 aliphatic rings. The van der Waals surface area contributed by atoms with Crippen molar-refractivity contribution in [1.82, 2.24) is 9.62 Å². The molecule has 0 atom stereocenters. The van der Waals surface area contributed by atoms with Crippen LogP contribution in [-0.4, -0.2) is 38.9 Å². The van der Waals surface area contributed by atoms with Crippen LogP contribution in [-0.2, 0) is 14.8 Å². The van der Waals surface area contributed by atoms with Crippen LogP contribution >= 0.6 is 23.2 Å². The van der Waals surface area contributed by atoms with Crippen LogP contribution in [0.5, 0.6) is 0 Å². The fourth-order valence-corrected chi connectivity index (χ4v) is 3.81. The average Bonchev–Trinajstić information content (AvgIpc) is 2.96. The minimum atomic E-state index is -3.92. The fraction of sp³-hybridized carbons (Fsp3) is 0.417. The van der Waals surface area contributed by atoms with Crippen LogP contribution in [0.4, 0.5) is 5.69 Å². The highest BCUT2D eigenvalue weighted by atomic mass is 35.5. The third kappa shape index (κ3) is 3.60. The van der Waals surface area contributed by atoms with Crippen molar-refractivity contribution < 1.29 is 13.2 Å². The van der Waals surface area contributed by atoms with E-state index < -0.39 is 10.0 Å². The molecule has 0 radical (unpaired) electrons. The molecule has 0 aromatic heterocycles. The van der Waals surface area contributed by atoms with Gasteiger partial charge in [-0.3, -0.25) is 4.79 Å². The number of amides is 1. The van der Waals surface area contributed by atoms with Crippen LogP contribution in [0.25, 0.3) is 0 Å². The fourth-order valence-electron chi connectivity index (χ4n) is 2.07. The van der Waals surface area contributed by atoms with Gasteiger partial charge in [0.05, 0.1) is 22.3 Å².